The van der Waals surface area contributed by atoms with Crippen molar-refractivity contribution in [3.63, 3.8) is 0 Å². The van der Waals surface area contributed by atoms with Gasteiger partial charge in [-0.2, -0.15) is 0 Å². The van der Waals surface area contributed by atoms with Crippen molar-refractivity contribution in [1.82, 2.24) is 10.2 Å². The van der Waals surface area contributed by atoms with E-state index in [1.807, 2.05) is 26.0 Å². The number of carbonyl (C=O) groups excluding carboxylic acids is 2. The van der Waals surface area contributed by atoms with Crippen LogP contribution in [0.15, 0.2) is 24.3 Å². The molecule has 0 bridgehead atoms. The number of rotatable bonds is 8. The van der Waals surface area contributed by atoms with Crippen LogP contribution in [0.1, 0.15) is 19.4 Å². The molecule has 1 aromatic carbocycles. The molecular weight excluding hydrogens is 308 g/mol. The summed E-state index contributed by atoms with van der Waals surface area (Å²) in [7, 11) is 0. The summed E-state index contributed by atoms with van der Waals surface area (Å²) in [4.78, 5) is 25.2. The van der Waals surface area contributed by atoms with E-state index in [1.165, 1.54) is 11.8 Å². The lowest BCUT2D eigenvalue weighted by molar-refractivity contribution is -0.127. The third-order valence-corrected chi connectivity index (χ3v) is 4.15. The Bertz CT molecular complexity index is 461. The van der Waals surface area contributed by atoms with Gasteiger partial charge in [-0.1, -0.05) is 23.7 Å². The van der Waals surface area contributed by atoms with Crippen molar-refractivity contribution in [2.75, 3.05) is 24.6 Å². The van der Waals surface area contributed by atoms with E-state index in [9.17, 15) is 9.59 Å². The van der Waals surface area contributed by atoms with E-state index in [1.54, 1.807) is 17.0 Å². The molecule has 0 saturated carbocycles. The zero-order valence-corrected chi connectivity index (χ0v) is 14.0. The van der Waals surface area contributed by atoms with Crippen molar-refractivity contribution in [3.8, 4) is 0 Å². The predicted octanol–water partition coefficient (Wildman–Crippen LogP) is 2.56. The minimum absolute atomic E-state index is 0.0673. The molecule has 21 heavy (non-hydrogen) atoms. The number of hydrogen-bond acceptors (Lipinski definition) is 3. The van der Waals surface area contributed by atoms with Gasteiger partial charge < -0.3 is 10.2 Å². The number of nitrogens with zero attached hydrogens (tertiary/aromatic N) is 1. The maximum Gasteiger partial charge on any atom is 0.232 e. The molecule has 0 fully saturated rings. The maximum absolute atomic E-state index is 11.8. The quantitative estimate of drug-likeness (QED) is 0.798. The molecule has 1 rings (SSSR count). The molecule has 0 heterocycles. The van der Waals surface area contributed by atoms with E-state index >= 15 is 0 Å². The summed E-state index contributed by atoms with van der Waals surface area (Å²) in [6, 6.07) is 7.33. The molecule has 0 unspecified atom stereocenters. The third-order valence-electron chi connectivity index (χ3n) is 2.98. The maximum atomic E-state index is 11.8. The summed E-state index contributed by atoms with van der Waals surface area (Å²) in [5.41, 5.74) is 0.997. The van der Waals surface area contributed by atoms with Gasteiger partial charge in [-0.3, -0.25) is 9.59 Å². The van der Waals surface area contributed by atoms with Crippen molar-refractivity contribution in [1.29, 1.82) is 0 Å². The van der Waals surface area contributed by atoms with Crippen molar-refractivity contribution in [2.45, 2.75) is 20.4 Å². The summed E-state index contributed by atoms with van der Waals surface area (Å²) >= 11 is 7.14. The van der Waals surface area contributed by atoms with Crippen LogP contribution in [0.3, 0.4) is 0 Å². The summed E-state index contributed by atoms with van der Waals surface area (Å²) in [6.45, 7) is 5.79. The van der Waals surface area contributed by atoms with Gasteiger partial charge in [-0.25, -0.2) is 0 Å². The number of thioether (sulfide) groups is 1. The first kappa shape index (κ1) is 17.9. The second-order valence-corrected chi connectivity index (χ2v) is 5.88. The molecule has 0 aliphatic heterocycles. The minimum atomic E-state index is -0.0673. The highest BCUT2D eigenvalue weighted by atomic mass is 35.5. The average molecular weight is 329 g/mol. The molecule has 0 radical (unpaired) electrons. The molecule has 6 heteroatoms. The zero-order valence-electron chi connectivity index (χ0n) is 12.4. The Labute approximate surface area is 135 Å². The van der Waals surface area contributed by atoms with Crippen LogP contribution in [0.2, 0.25) is 5.02 Å². The van der Waals surface area contributed by atoms with Crippen molar-refractivity contribution in [3.05, 3.63) is 34.9 Å². The second-order valence-electron chi connectivity index (χ2n) is 4.46. The lowest BCUT2D eigenvalue weighted by atomic mass is 10.2. The van der Waals surface area contributed by atoms with Gasteiger partial charge in [-0.05, 0) is 31.5 Å². The minimum Gasteiger partial charge on any atom is -0.351 e. The second kappa shape index (κ2) is 9.68. The van der Waals surface area contributed by atoms with Gasteiger partial charge in [0, 0.05) is 24.7 Å². The molecule has 0 atom stereocenters. The summed E-state index contributed by atoms with van der Waals surface area (Å²) in [6.07, 6.45) is 0. The molecule has 2 amide bonds. The predicted molar refractivity (Wildman–Crippen MR) is 88.6 cm³/mol. The Hall–Kier alpha value is -1.20. The molecule has 0 saturated heterocycles. The summed E-state index contributed by atoms with van der Waals surface area (Å²) < 4.78 is 0. The Kier molecular flexibility index (Phi) is 8.23. The number of nitrogens with one attached hydrogen (secondary N) is 1. The topological polar surface area (TPSA) is 49.4 Å². The Balaban J connectivity index is 2.22. The third kappa shape index (κ3) is 6.87. The largest absolute Gasteiger partial charge is 0.351 e. The van der Waals surface area contributed by atoms with Crippen LogP contribution in [0.5, 0.6) is 0 Å². The highest BCUT2D eigenvalue weighted by molar-refractivity contribution is 8.00. The molecule has 1 N–H and O–H groups in total. The Morgan fingerprint density at radius 1 is 1.14 bits per heavy atom. The monoisotopic (exact) mass is 328 g/mol. The fourth-order valence-corrected chi connectivity index (χ4v) is 2.63. The van der Waals surface area contributed by atoms with E-state index in [4.69, 9.17) is 11.6 Å². The molecule has 116 valence electrons. The molecule has 4 nitrogen and oxygen atoms in total. The summed E-state index contributed by atoms with van der Waals surface area (Å²) in [5.74, 6) is 0.647. The normalized spacial score (nSPS) is 10.2. The van der Waals surface area contributed by atoms with Gasteiger partial charge in [0.1, 0.15) is 0 Å². The van der Waals surface area contributed by atoms with Crippen LogP contribution in [-0.4, -0.2) is 41.3 Å². The average Bonchev–Trinajstić information content (AvgIpc) is 2.48. The molecular formula is C15H21ClN2O2S. The lowest BCUT2D eigenvalue weighted by Gasteiger charge is -2.18. The fourth-order valence-electron chi connectivity index (χ4n) is 1.75. The van der Waals surface area contributed by atoms with E-state index in [-0.39, 0.29) is 11.8 Å². The first-order valence-electron chi connectivity index (χ1n) is 6.93. The highest BCUT2D eigenvalue weighted by Crippen LogP contribution is 2.09. The van der Waals surface area contributed by atoms with Gasteiger partial charge in [0.05, 0.1) is 11.5 Å². The van der Waals surface area contributed by atoms with Gasteiger partial charge in [0.2, 0.25) is 11.8 Å². The van der Waals surface area contributed by atoms with Crippen LogP contribution < -0.4 is 5.32 Å². The van der Waals surface area contributed by atoms with Crippen molar-refractivity contribution < 1.29 is 9.59 Å². The van der Waals surface area contributed by atoms with Gasteiger partial charge in [-0.15, -0.1) is 11.8 Å². The molecule has 1 aromatic rings. The van der Waals surface area contributed by atoms with E-state index < -0.39 is 0 Å². The first-order valence-corrected chi connectivity index (χ1v) is 8.46. The number of hydrogen-bond donors (Lipinski definition) is 1. The Morgan fingerprint density at radius 3 is 2.33 bits per heavy atom. The zero-order chi connectivity index (χ0) is 15.7. The number of amides is 2. The van der Waals surface area contributed by atoms with Crippen molar-refractivity contribution >= 4 is 35.2 Å². The molecule has 0 aliphatic rings. The molecule has 0 aromatic heterocycles. The van der Waals surface area contributed by atoms with Crippen LogP contribution in [0.4, 0.5) is 0 Å². The molecule has 0 aliphatic carbocycles. The Morgan fingerprint density at radius 2 is 1.76 bits per heavy atom. The summed E-state index contributed by atoms with van der Waals surface area (Å²) in [5, 5.41) is 3.50. The van der Waals surface area contributed by atoms with Crippen LogP contribution in [0.25, 0.3) is 0 Å². The van der Waals surface area contributed by atoms with Gasteiger partial charge >= 0.3 is 0 Å². The lowest BCUT2D eigenvalue weighted by Crippen LogP contribution is -2.32. The first-order chi connectivity index (χ1) is 10.1. The smallest absolute Gasteiger partial charge is 0.232 e. The van der Waals surface area contributed by atoms with Crippen LogP contribution >= 0.6 is 23.4 Å². The van der Waals surface area contributed by atoms with Gasteiger partial charge in [0.25, 0.3) is 0 Å². The number of benzene rings is 1. The van der Waals surface area contributed by atoms with E-state index in [0.717, 1.165) is 5.56 Å². The SMILES string of the molecule is CCN(CC)C(=O)CSCC(=O)NCc1ccc(Cl)cc1. The van der Waals surface area contributed by atoms with Crippen molar-refractivity contribution in [2.24, 2.45) is 0 Å². The highest BCUT2D eigenvalue weighted by Gasteiger charge is 2.10. The standard InChI is InChI=1S/C15H21ClN2O2S/c1-3-18(4-2)15(20)11-21-10-14(19)17-9-12-5-7-13(16)8-6-12/h5-8H,3-4,9-11H2,1-2H3,(H,17,19). The van der Waals surface area contributed by atoms with Crippen LogP contribution in [-0.2, 0) is 16.1 Å². The van der Waals surface area contributed by atoms with E-state index in [2.05, 4.69) is 5.32 Å². The molecule has 0 spiro atoms. The number of carbonyl (C=O) groups is 2. The van der Waals surface area contributed by atoms with E-state index in [0.29, 0.717) is 36.2 Å². The number of halogens is 1. The van der Waals surface area contributed by atoms with Crippen LogP contribution in [0, 0.1) is 0 Å². The van der Waals surface area contributed by atoms with Gasteiger partial charge in [0.15, 0.2) is 0 Å². The fraction of sp³-hybridized carbons (Fsp3) is 0.467.